The van der Waals surface area contributed by atoms with Crippen LogP contribution in [0.15, 0.2) is 18.2 Å². The summed E-state index contributed by atoms with van der Waals surface area (Å²) in [6.45, 7) is 3.44. The molecule has 6 heteroatoms. The lowest BCUT2D eigenvalue weighted by Gasteiger charge is -2.34. The van der Waals surface area contributed by atoms with Crippen molar-refractivity contribution in [2.24, 2.45) is 5.92 Å². The predicted molar refractivity (Wildman–Crippen MR) is 75.3 cm³/mol. The lowest BCUT2D eigenvalue weighted by Crippen LogP contribution is -2.36. The van der Waals surface area contributed by atoms with Crippen LogP contribution in [-0.2, 0) is 0 Å². The van der Waals surface area contributed by atoms with E-state index in [0.717, 1.165) is 19.3 Å². The van der Waals surface area contributed by atoms with E-state index < -0.39 is 10.9 Å². The molecule has 108 valence electrons. The molecular formula is C14H18N2O4. The van der Waals surface area contributed by atoms with E-state index in [1.807, 2.05) is 4.90 Å². The van der Waals surface area contributed by atoms with Crippen molar-refractivity contribution in [3.63, 3.8) is 0 Å². The quantitative estimate of drug-likeness (QED) is 0.676. The highest BCUT2D eigenvalue weighted by atomic mass is 16.6. The van der Waals surface area contributed by atoms with Gasteiger partial charge in [0.2, 0.25) is 0 Å². The molecule has 0 saturated carbocycles. The standard InChI is InChI=1S/C14H18N2O4/c1-2-10-5-4-8-15(9-10)13-11(14(17)18)6-3-7-12(13)16(19)20/h3,6-7,10H,2,4-5,8-9H2,1H3,(H,17,18). The van der Waals surface area contributed by atoms with Crippen LogP contribution in [0.2, 0.25) is 0 Å². The molecule has 1 aromatic rings. The summed E-state index contributed by atoms with van der Waals surface area (Å²) >= 11 is 0. The third kappa shape index (κ3) is 2.74. The van der Waals surface area contributed by atoms with Gasteiger partial charge in [-0.1, -0.05) is 19.4 Å². The second-order valence-corrected chi connectivity index (χ2v) is 5.10. The Balaban J connectivity index is 2.47. The maximum Gasteiger partial charge on any atom is 0.338 e. The smallest absolute Gasteiger partial charge is 0.338 e. The molecule has 1 heterocycles. The molecule has 2 rings (SSSR count). The molecule has 1 aromatic carbocycles. The first-order chi connectivity index (χ1) is 9.54. The number of piperidine rings is 1. The van der Waals surface area contributed by atoms with Crippen molar-refractivity contribution in [3.05, 3.63) is 33.9 Å². The van der Waals surface area contributed by atoms with Crippen molar-refractivity contribution in [2.45, 2.75) is 26.2 Å². The Kier molecular flexibility index (Phi) is 4.22. The van der Waals surface area contributed by atoms with Crippen LogP contribution in [0.1, 0.15) is 36.5 Å². The molecule has 0 aromatic heterocycles. The van der Waals surface area contributed by atoms with Crippen LogP contribution in [0.25, 0.3) is 0 Å². The number of nitro groups is 1. The van der Waals surface area contributed by atoms with E-state index in [0.29, 0.717) is 19.0 Å². The van der Waals surface area contributed by atoms with Crippen molar-refractivity contribution in [1.82, 2.24) is 0 Å². The number of nitro benzene ring substituents is 1. The molecule has 20 heavy (non-hydrogen) atoms. The van der Waals surface area contributed by atoms with Gasteiger partial charge in [0.15, 0.2) is 0 Å². The van der Waals surface area contributed by atoms with E-state index in [9.17, 15) is 20.0 Å². The van der Waals surface area contributed by atoms with Gasteiger partial charge in [-0.3, -0.25) is 10.1 Å². The van der Waals surface area contributed by atoms with E-state index in [2.05, 4.69) is 6.92 Å². The number of nitrogens with zero attached hydrogens (tertiary/aromatic N) is 2. The summed E-state index contributed by atoms with van der Waals surface area (Å²) in [5.74, 6) is -0.660. The molecule has 1 aliphatic rings. The van der Waals surface area contributed by atoms with Gasteiger partial charge in [-0.25, -0.2) is 4.79 Å². The number of rotatable bonds is 4. The zero-order valence-electron chi connectivity index (χ0n) is 11.4. The Morgan fingerprint density at radius 3 is 2.90 bits per heavy atom. The lowest BCUT2D eigenvalue weighted by molar-refractivity contribution is -0.384. The Morgan fingerprint density at radius 1 is 1.55 bits per heavy atom. The van der Waals surface area contributed by atoms with Crippen LogP contribution in [0.5, 0.6) is 0 Å². The molecule has 1 aliphatic heterocycles. The van der Waals surface area contributed by atoms with E-state index in [4.69, 9.17) is 0 Å². The Hall–Kier alpha value is -2.11. The topological polar surface area (TPSA) is 83.7 Å². The summed E-state index contributed by atoms with van der Waals surface area (Å²) in [6, 6.07) is 4.23. The number of hydrogen-bond donors (Lipinski definition) is 1. The summed E-state index contributed by atoms with van der Waals surface area (Å²) in [6.07, 6.45) is 3.03. The van der Waals surface area contributed by atoms with Gasteiger partial charge in [0.25, 0.3) is 5.69 Å². The fraction of sp³-hybridized carbons (Fsp3) is 0.500. The summed E-state index contributed by atoms with van der Waals surface area (Å²) < 4.78 is 0. The molecular weight excluding hydrogens is 260 g/mol. The number of carboxylic acid groups (broad SMARTS) is 1. The SMILES string of the molecule is CCC1CCCN(c2c(C(=O)O)cccc2[N+](=O)[O-])C1. The maximum absolute atomic E-state index is 11.3. The molecule has 0 amide bonds. The molecule has 0 bridgehead atoms. The number of anilines is 1. The van der Waals surface area contributed by atoms with Crippen molar-refractivity contribution in [1.29, 1.82) is 0 Å². The lowest BCUT2D eigenvalue weighted by atomic mass is 9.94. The maximum atomic E-state index is 11.3. The molecule has 1 saturated heterocycles. The van der Waals surface area contributed by atoms with Gasteiger partial charge in [-0.05, 0) is 24.8 Å². The number of para-hydroxylation sites is 1. The molecule has 1 unspecified atom stereocenters. The summed E-state index contributed by atoms with van der Waals surface area (Å²) in [4.78, 5) is 23.9. The summed E-state index contributed by atoms with van der Waals surface area (Å²) in [5, 5.41) is 20.5. The zero-order valence-corrected chi connectivity index (χ0v) is 11.4. The monoisotopic (exact) mass is 278 g/mol. The third-order valence-electron chi connectivity index (χ3n) is 3.85. The van der Waals surface area contributed by atoms with E-state index in [-0.39, 0.29) is 16.9 Å². The number of benzene rings is 1. The predicted octanol–water partition coefficient (Wildman–Crippen LogP) is 2.92. The molecule has 0 aliphatic carbocycles. The largest absolute Gasteiger partial charge is 0.478 e. The highest BCUT2D eigenvalue weighted by Gasteiger charge is 2.29. The van der Waals surface area contributed by atoms with Crippen LogP contribution in [0, 0.1) is 16.0 Å². The fourth-order valence-electron chi connectivity index (χ4n) is 2.78. The third-order valence-corrected chi connectivity index (χ3v) is 3.85. The zero-order chi connectivity index (χ0) is 14.7. The van der Waals surface area contributed by atoms with Gasteiger partial charge in [-0.2, -0.15) is 0 Å². The number of aromatic carboxylic acids is 1. The van der Waals surface area contributed by atoms with Gasteiger partial charge in [0.05, 0.1) is 10.5 Å². The van der Waals surface area contributed by atoms with Gasteiger partial charge >= 0.3 is 5.97 Å². The van der Waals surface area contributed by atoms with Gasteiger partial charge < -0.3 is 10.0 Å². The molecule has 6 nitrogen and oxygen atoms in total. The Morgan fingerprint density at radius 2 is 2.30 bits per heavy atom. The minimum absolute atomic E-state index is 0.0101. The molecule has 1 fully saturated rings. The Bertz CT molecular complexity index is 498. The first-order valence-electron chi connectivity index (χ1n) is 6.80. The highest BCUT2D eigenvalue weighted by Crippen LogP contribution is 2.35. The summed E-state index contributed by atoms with van der Waals surface area (Å²) in [7, 11) is 0. The Labute approximate surface area is 117 Å². The van der Waals surface area contributed by atoms with Gasteiger partial charge in [0.1, 0.15) is 5.69 Å². The van der Waals surface area contributed by atoms with Crippen molar-refractivity contribution >= 4 is 17.3 Å². The van der Waals surface area contributed by atoms with Gasteiger partial charge in [-0.15, -0.1) is 0 Å². The van der Waals surface area contributed by atoms with Crippen LogP contribution in [-0.4, -0.2) is 29.1 Å². The van der Waals surface area contributed by atoms with Crippen molar-refractivity contribution in [3.8, 4) is 0 Å². The van der Waals surface area contributed by atoms with E-state index in [1.165, 1.54) is 18.2 Å². The summed E-state index contributed by atoms with van der Waals surface area (Å²) in [5.41, 5.74) is 0.140. The number of carboxylic acids is 1. The minimum Gasteiger partial charge on any atom is -0.478 e. The van der Waals surface area contributed by atoms with E-state index in [1.54, 1.807) is 0 Å². The van der Waals surface area contributed by atoms with Gasteiger partial charge in [0, 0.05) is 19.2 Å². The second-order valence-electron chi connectivity index (χ2n) is 5.10. The minimum atomic E-state index is -1.12. The van der Waals surface area contributed by atoms with Crippen LogP contribution >= 0.6 is 0 Å². The first-order valence-corrected chi connectivity index (χ1v) is 6.80. The van der Waals surface area contributed by atoms with Crippen LogP contribution < -0.4 is 4.90 Å². The first kappa shape index (κ1) is 14.3. The fourth-order valence-corrected chi connectivity index (χ4v) is 2.78. The molecule has 1 atom stereocenters. The van der Waals surface area contributed by atoms with E-state index >= 15 is 0 Å². The van der Waals surface area contributed by atoms with Crippen LogP contribution in [0.4, 0.5) is 11.4 Å². The molecule has 1 N–H and O–H groups in total. The number of hydrogen-bond acceptors (Lipinski definition) is 4. The molecule has 0 radical (unpaired) electrons. The second kappa shape index (κ2) is 5.90. The average molecular weight is 278 g/mol. The number of carbonyl (C=O) groups is 1. The highest BCUT2D eigenvalue weighted by molar-refractivity contribution is 5.97. The van der Waals surface area contributed by atoms with Crippen molar-refractivity contribution < 1.29 is 14.8 Å². The average Bonchev–Trinajstić information content (AvgIpc) is 2.46. The van der Waals surface area contributed by atoms with Crippen molar-refractivity contribution in [2.75, 3.05) is 18.0 Å². The van der Waals surface area contributed by atoms with Crippen LogP contribution in [0.3, 0.4) is 0 Å². The normalized spacial score (nSPS) is 18.9. The molecule has 0 spiro atoms.